The standard InChI is InChI=1S/C10H10ClFO/c1-7-2-3-8(12)6-9(7)10(13)4-5-11/h2-3,6H,4-5H2,1H3. The summed E-state index contributed by atoms with van der Waals surface area (Å²) in [5, 5.41) is 0. The molecule has 0 bridgehead atoms. The summed E-state index contributed by atoms with van der Waals surface area (Å²) in [5.74, 6) is -0.218. The maximum absolute atomic E-state index is 12.8. The van der Waals surface area contributed by atoms with Crippen LogP contribution in [0.25, 0.3) is 0 Å². The molecule has 0 aliphatic heterocycles. The highest BCUT2D eigenvalue weighted by Crippen LogP contribution is 2.12. The van der Waals surface area contributed by atoms with Gasteiger partial charge in [-0.3, -0.25) is 4.79 Å². The molecule has 0 unspecified atom stereocenters. The summed E-state index contributed by atoms with van der Waals surface area (Å²) in [4.78, 5) is 11.4. The van der Waals surface area contributed by atoms with Crippen LogP contribution in [0.1, 0.15) is 22.3 Å². The van der Waals surface area contributed by atoms with E-state index in [1.54, 1.807) is 13.0 Å². The van der Waals surface area contributed by atoms with E-state index in [0.29, 0.717) is 5.56 Å². The van der Waals surface area contributed by atoms with Gasteiger partial charge >= 0.3 is 0 Å². The van der Waals surface area contributed by atoms with E-state index in [1.807, 2.05) is 0 Å². The summed E-state index contributed by atoms with van der Waals surface area (Å²) in [6, 6.07) is 4.19. The molecule has 0 amide bonds. The number of carbonyl (C=O) groups excluding carboxylic acids is 1. The first-order valence-electron chi connectivity index (χ1n) is 4.00. The average molecular weight is 201 g/mol. The highest BCUT2D eigenvalue weighted by atomic mass is 35.5. The first-order chi connectivity index (χ1) is 6.15. The van der Waals surface area contributed by atoms with E-state index in [9.17, 15) is 9.18 Å². The fraction of sp³-hybridized carbons (Fsp3) is 0.300. The molecule has 0 fully saturated rings. The quantitative estimate of drug-likeness (QED) is 0.542. The number of benzene rings is 1. The number of aryl methyl sites for hydroxylation is 1. The number of carbonyl (C=O) groups is 1. The van der Waals surface area contributed by atoms with Crippen LogP contribution in [0, 0.1) is 12.7 Å². The second-order valence-corrected chi connectivity index (χ2v) is 3.20. The van der Waals surface area contributed by atoms with Crippen molar-refractivity contribution in [3.8, 4) is 0 Å². The van der Waals surface area contributed by atoms with E-state index in [1.165, 1.54) is 12.1 Å². The highest BCUT2D eigenvalue weighted by Gasteiger charge is 2.08. The lowest BCUT2D eigenvalue weighted by Crippen LogP contribution is -2.02. The smallest absolute Gasteiger partial charge is 0.164 e. The van der Waals surface area contributed by atoms with Crippen LogP contribution in [0.2, 0.25) is 0 Å². The van der Waals surface area contributed by atoms with Crippen LogP contribution in [-0.2, 0) is 0 Å². The predicted molar refractivity (Wildman–Crippen MR) is 50.8 cm³/mol. The normalized spacial score (nSPS) is 10.1. The molecule has 1 aromatic carbocycles. The van der Waals surface area contributed by atoms with Gasteiger partial charge < -0.3 is 0 Å². The van der Waals surface area contributed by atoms with E-state index < -0.39 is 0 Å². The van der Waals surface area contributed by atoms with Crippen molar-refractivity contribution in [1.82, 2.24) is 0 Å². The molecule has 1 aromatic rings. The topological polar surface area (TPSA) is 17.1 Å². The van der Waals surface area contributed by atoms with Crippen LogP contribution in [0.15, 0.2) is 18.2 Å². The molecule has 1 rings (SSSR count). The second-order valence-electron chi connectivity index (χ2n) is 2.82. The molecule has 1 nitrogen and oxygen atoms in total. The van der Waals surface area contributed by atoms with Gasteiger partial charge in [0.25, 0.3) is 0 Å². The molecule has 3 heteroatoms. The van der Waals surface area contributed by atoms with Crippen molar-refractivity contribution in [2.45, 2.75) is 13.3 Å². The molecule has 0 saturated heterocycles. The molecule has 70 valence electrons. The minimum absolute atomic E-state index is 0.105. The van der Waals surface area contributed by atoms with Crippen molar-refractivity contribution in [2.24, 2.45) is 0 Å². The van der Waals surface area contributed by atoms with Crippen molar-refractivity contribution in [2.75, 3.05) is 5.88 Å². The van der Waals surface area contributed by atoms with Crippen LogP contribution >= 0.6 is 11.6 Å². The maximum Gasteiger partial charge on any atom is 0.164 e. The molecule has 0 aliphatic rings. The summed E-state index contributed by atoms with van der Waals surface area (Å²) in [7, 11) is 0. The Balaban J connectivity index is 2.99. The van der Waals surface area contributed by atoms with Crippen molar-refractivity contribution >= 4 is 17.4 Å². The third kappa shape index (κ3) is 2.52. The number of ketones is 1. The SMILES string of the molecule is Cc1ccc(F)cc1C(=O)CCCl. The van der Waals surface area contributed by atoms with E-state index in [2.05, 4.69) is 0 Å². The Morgan fingerprint density at radius 1 is 1.54 bits per heavy atom. The molecule has 13 heavy (non-hydrogen) atoms. The summed E-state index contributed by atoms with van der Waals surface area (Å²) >= 11 is 5.42. The van der Waals surface area contributed by atoms with E-state index in [0.717, 1.165) is 5.56 Å². The number of rotatable bonds is 3. The zero-order valence-corrected chi connectivity index (χ0v) is 8.07. The maximum atomic E-state index is 12.8. The molecule has 0 atom stereocenters. The largest absolute Gasteiger partial charge is 0.294 e. The van der Waals surface area contributed by atoms with Gasteiger partial charge in [-0.25, -0.2) is 4.39 Å². The third-order valence-corrected chi connectivity index (χ3v) is 2.01. The van der Waals surface area contributed by atoms with Crippen molar-refractivity contribution in [3.05, 3.63) is 35.1 Å². The molecule has 0 heterocycles. The molecule has 0 N–H and O–H groups in total. The van der Waals surface area contributed by atoms with Crippen molar-refractivity contribution in [3.63, 3.8) is 0 Å². The number of hydrogen-bond acceptors (Lipinski definition) is 1. The first-order valence-corrected chi connectivity index (χ1v) is 4.54. The van der Waals surface area contributed by atoms with Gasteiger partial charge in [-0.15, -0.1) is 11.6 Å². The van der Waals surface area contributed by atoms with Crippen LogP contribution in [0.4, 0.5) is 4.39 Å². The lowest BCUT2D eigenvalue weighted by molar-refractivity contribution is 0.0988. The summed E-state index contributed by atoms with van der Waals surface area (Å²) < 4.78 is 12.8. The van der Waals surface area contributed by atoms with E-state index in [4.69, 9.17) is 11.6 Å². The molecule has 0 radical (unpaired) electrons. The van der Waals surface area contributed by atoms with Gasteiger partial charge in [-0.1, -0.05) is 6.07 Å². The molecule has 0 saturated carbocycles. The monoisotopic (exact) mass is 200 g/mol. The zero-order chi connectivity index (χ0) is 9.84. The van der Waals surface area contributed by atoms with Crippen LogP contribution in [0.3, 0.4) is 0 Å². The Morgan fingerprint density at radius 3 is 2.85 bits per heavy atom. The van der Waals surface area contributed by atoms with Gasteiger partial charge in [-0.2, -0.15) is 0 Å². The van der Waals surface area contributed by atoms with Gasteiger partial charge in [0.15, 0.2) is 5.78 Å². The Bertz CT molecular complexity index is 323. The summed E-state index contributed by atoms with van der Waals surface area (Å²) in [6.45, 7) is 1.78. The fourth-order valence-corrected chi connectivity index (χ4v) is 1.29. The number of alkyl halides is 1. The minimum atomic E-state index is -0.386. The Hall–Kier alpha value is -0.890. The minimum Gasteiger partial charge on any atom is -0.294 e. The van der Waals surface area contributed by atoms with Gasteiger partial charge in [0.2, 0.25) is 0 Å². The fourth-order valence-electron chi connectivity index (χ4n) is 1.12. The molecular formula is C10H10ClFO. The molecule has 0 aliphatic carbocycles. The second kappa shape index (κ2) is 4.38. The van der Waals surface area contributed by atoms with Crippen molar-refractivity contribution < 1.29 is 9.18 Å². The molecule has 0 aromatic heterocycles. The Kier molecular flexibility index (Phi) is 3.43. The summed E-state index contributed by atoms with van der Waals surface area (Å²) in [5.41, 5.74) is 1.22. The van der Waals surface area contributed by atoms with Gasteiger partial charge in [0.1, 0.15) is 5.82 Å². The highest BCUT2D eigenvalue weighted by molar-refractivity contribution is 6.19. The predicted octanol–water partition coefficient (Wildman–Crippen LogP) is 2.95. The summed E-state index contributed by atoms with van der Waals surface area (Å²) in [6.07, 6.45) is 0.256. The van der Waals surface area contributed by atoms with Gasteiger partial charge in [-0.05, 0) is 24.6 Å². The Morgan fingerprint density at radius 2 is 2.23 bits per heavy atom. The Labute approximate surface area is 81.5 Å². The van der Waals surface area contributed by atoms with Crippen LogP contribution < -0.4 is 0 Å². The number of hydrogen-bond donors (Lipinski definition) is 0. The van der Waals surface area contributed by atoms with Gasteiger partial charge in [0.05, 0.1) is 0 Å². The van der Waals surface area contributed by atoms with Crippen LogP contribution in [0.5, 0.6) is 0 Å². The van der Waals surface area contributed by atoms with Gasteiger partial charge in [0, 0.05) is 17.9 Å². The van der Waals surface area contributed by atoms with Crippen LogP contribution in [-0.4, -0.2) is 11.7 Å². The molecular weight excluding hydrogens is 191 g/mol. The third-order valence-electron chi connectivity index (χ3n) is 1.82. The first kappa shape index (κ1) is 10.2. The van der Waals surface area contributed by atoms with E-state index >= 15 is 0 Å². The lowest BCUT2D eigenvalue weighted by atomic mass is 10.0. The number of Topliss-reactive ketones (excluding diaryl/α,β-unsaturated/α-hetero) is 1. The lowest BCUT2D eigenvalue weighted by Gasteiger charge is -2.02. The van der Waals surface area contributed by atoms with Crippen molar-refractivity contribution in [1.29, 1.82) is 0 Å². The zero-order valence-electron chi connectivity index (χ0n) is 7.31. The average Bonchev–Trinajstić information content (AvgIpc) is 2.09. The molecule has 0 spiro atoms. The van der Waals surface area contributed by atoms with E-state index in [-0.39, 0.29) is 23.9 Å². The number of halogens is 2.